The van der Waals surface area contributed by atoms with Crippen LogP contribution in [0.3, 0.4) is 0 Å². The molecular formula is C8H12O3. The predicted molar refractivity (Wildman–Crippen MR) is 41.9 cm³/mol. The summed E-state index contributed by atoms with van der Waals surface area (Å²) in [6.45, 7) is 5.55. The summed E-state index contributed by atoms with van der Waals surface area (Å²) in [7, 11) is 1.32. The van der Waals surface area contributed by atoms with Gasteiger partial charge in [0, 0.05) is 0 Å². The van der Waals surface area contributed by atoms with Crippen molar-refractivity contribution in [2.24, 2.45) is 0 Å². The number of carbonyl (C=O) groups is 1. The molecule has 0 amide bonds. The molecule has 0 spiro atoms. The Morgan fingerprint density at radius 1 is 1.64 bits per heavy atom. The molecule has 0 aromatic heterocycles. The monoisotopic (exact) mass is 156 g/mol. The largest absolute Gasteiger partial charge is 0.494 e. The van der Waals surface area contributed by atoms with E-state index in [-0.39, 0.29) is 0 Å². The van der Waals surface area contributed by atoms with Crippen molar-refractivity contribution in [3.05, 3.63) is 24.5 Å². The van der Waals surface area contributed by atoms with E-state index >= 15 is 0 Å². The first-order chi connectivity index (χ1) is 5.20. The summed E-state index contributed by atoms with van der Waals surface area (Å²) in [4.78, 5) is 10.6. The van der Waals surface area contributed by atoms with Gasteiger partial charge in [0.05, 0.1) is 13.2 Å². The number of hydrogen-bond donors (Lipinski definition) is 0. The van der Waals surface area contributed by atoms with E-state index in [9.17, 15) is 4.79 Å². The first kappa shape index (κ1) is 9.75. The molecule has 0 aromatic rings. The number of esters is 1. The second kappa shape index (κ2) is 5.53. The molecule has 0 aliphatic rings. The predicted octanol–water partition coefficient (Wildman–Crippen LogP) is 1.27. The number of hydrogen-bond acceptors (Lipinski definition) is 3. The van der Waals surface area contributed by atoms with Crippen LogP contribution in [0.2, 0.25) is 0 Å². The van der Waals surface area contributed by atoms with Gasteiger partial charge in [-0.1, -0.05) is 12.7 Å². The van der Waals surface area contributed by atoms with E-state index in [0.717, 1.165) is 0 Å². The van der Waals surface area contributed by atoms with Gasteiger partial charge in [-0.25, -0.2) is 4.79 Å². The van der Waals surface area contributed by atoms with E-state index < -0.39 is 5.97 Å². The van der Waals surface area contributed by atoms with Crippen molar-refractivity contribution in [1.29, 1.82) is 0 Å². The smallest absolute Gasteiger partial charge is 0.333 e. The SMILES string of the molecule is C=CCOC(C)=CC(=O)OC. The van der Waals surface area contributed by atoms with Crippen LogP contribution in [0, 0.1) is 0 Å². The molecule has 0 fully saturated rings. The lowest BCUT2D eigenvalue weighted by Gasteiger charge is -2.00. The fraction of sp³-hybridized carbons (Fsp3) is 0.375. The third-order valence-corrected chi connectivity index (χ3v) is 0.951. The Morgan fingerprint density at radius 2 is 2.27 bits per heavy atom. The lowest BCUT2D eigenvalue weighted by atomic mass is 10.5. The maximum atomic E-state index is 10.6. The molecule has 0 N–H and O–H groups in total. The van der Waals surface area contributed by atoms with E-state index in [0.29, 0.717) is 12.4 Å². The maximum absolute atomic E-state index is 10.6. The molecule has 0 aromatic carbocycles. The van der Waals surface area contributed by atoms with Gasteiger partial charge in [0.25, 0.3) is 0 Å². The molecule has 0 atom stereocenters. The Morgan fingerprint density at radius 3 is 2.73 bits per heavy atom. The van der Waals surface area contributed by atoms with Crippen LogP contribution in [0.1, 0.15) is 6.92 Å². The number of allylic oxidation sites excluding steroid dienone is 1. The normalized spacial score (nSPS) is 10.5. The van der Waals surface area contributed by atoms with Crippen LogP contribution in [0.4, 0.5) is 0 Å². The minimum Gasteiger partial charge on any atom is -0.494 e. The van der Waals surface area contributed by atoms with Crippen molar-refractivity contribution in [2.45, 2.75) is 6.92 Å². The Labute approximate surface area is 66.3 Å². The van der Waals surface area contributed by atoms with Crippen LogP contribution in [-0.2, 0) is 14.3 Å². The highest BCUT2D eigenvalue weighted by Crippen LogP contribution is 1.95. The number of ether oxygens (including phenoxy) is 2. The molecule has 0 saturated carbocycles. The molecule has 3 heteroatoms. The number of carbonyl (C=O) groups excluding carboxylic acids is 1. The third-order valence-electron chi connectivity index (χ3n) is 0.951. The van der Waals surface area contributed by atoms with Crippen molar-refractivity contribution in [1.82, 2.24) is 0 Å². The van der Waals surface area contributed by atoms with Crippen LogP contribution >= 0.6 is 0 Å². The van der Waals surface area contributed by atoms with Crippen LogP contribution in [0.25, 0.3) is 0 Å². The zero-order valence-corrected chi connectivity index (χ0v) is 6.79. The van der Waals surface area contributed by atoms with Gasteiger partial charge in [-0.15, -0.1) is 0 Å². The summed E-state index contributed by atoms with van der Waals surface area (Å²) in [5, 5.41) is 0. The Bertz CT molecular complexity index is 170. The van der Waals surface area contributed by atoms with Crippen molar-refractivity contribution < 1.29 is 14.3 Å². The number of rotatable bonds is 4. The zero-order chi connectivity index (χ0) is 8.69. The quantitative estimate of drug-likeness (QED) is 0.266. The Balaban J connectivity index is 3.79. The lowest BCUT2D eigenvalue weighted by Crippen LogP contribution is -1.98. The Kier molecular flexibility index (Phi) is 4.90. The molecule has 0 heterocycles. The summed E-state index contributed by atoms with van der Waals surface area (Å²) < 4.78 is 9.39. The van der Waals surface area contributed by atoms with E-state index in [4.69, 9.17) is 4.74 Å². The average molecular weight is 156 g/mol. The first-order valence-corrected chi connectivity index (χ1v) is 3.20. The highest BCUT2D eigenvalue weighted by atomic mass is 16.5. The topological polar surface area (TPSA) is 35.5 Å². The van der Waals surface area contributed by atoms with Crippen molar-refractivity contribution in [2.75, 3.05) is 13.7 Å². The summed E-state index contributed by atoms with van der Waals surface area (Å²) >= 11 is 0. The highest BCUT2D eigenvalue weighted by molar-refractivity contribution is 5.82. The molecule has 0 radical (unpaired) electrons. The van der Waals surface area contributed by atoms with E-state index in [2.05, 4.69) is 11.3 Å². The molecule has 3 nitrogen and oxygen atoms in total. The second-order valence-electron chi connectivity index (χ2n) is 1.88. The molecule has 11 heavy (non-hydrogen) atoms. The van der Waals surface area contributed by atoms with E-state index in [1.165, 1.54) is 13.2 Å². The van der Waals surface area contributed by atoms with Crippen molar-refractivity contribution in [3.8, 4) is 0 Å². The summed E-state index contributed by atoms with van der Waals surface area (Å²) in [6.07, 6.45) is 2.89. The molecule has 0 unspecified atom stereocenters. The summed E-state index contributed by atoms with van der Waals surface area (Å²) in [6, 6.07) is 0. The van der Waals surface area contributed by atoms with Gasteiger partial charge in [0.1, 0.15) is 12.4 Å². The average Bonchev–Trinajstić information content (AvgIpc) is 2.00. The van der Waals surface area contributed by atoms with E-state index in [1.807, 2.05) is 0 Å². The lowest BCUT2D eigenvalue weighted by molar-refractivity contribution is -0.135. The minimum absolute atomic E-state index is 0.402. The fourth-order valence-electron chi connectivity index (χ4n) is 0.457. The van der Waals surface area contributed by atoms with Gasteiger partial charge in [-0.2, -0.15) is 0 Å². The highest BCUT2D eigenvalue weighted by Gasteiger charge is 1.95. The van der Waals surface area contributed by atoms with E-state index in [1.54, 1.807) is 13.0 Å². The first-order valence-electron chi connectivity index (χ1n) is 3.20. The van der Waals surface area contributed by atoms with Gasteiger partial charge in [-0.05, 0) is 6.92 Å². The second-order valence-corrected chi connectivity index (χ2v) is 1.88. The van der Waals surface area contributed by atoms with Crippen LogP contribution in [0.15, 0.2) is 24.5 Å². The number of methoxy groups -OCH3 is 1. The minimum atomic E-state index is -0.411. The third kappa shape index (κ3) is 5.21. The molecular weight excluding hydrogens is 144 g/mol. The van der Waals surface area contributed by atoms with Crippen LogP contribution < -0.4 is 0 Å². The standard InChI is InChI=1S/C8H12O3/c1-4-5-11-7(2)6-8(9)10-3/h4,6H,1,5H2,2-3H3. The molecule has 62 valence electrons. The van der Waals surface area contributed by atoms with Gasteiger partial charge < -0.3 is 9.47 Å². The fourth-order valence-corrected chi connectivity index (χ4v) is 0.457. The van der Waals surface area contributed by atoms with Gasteiger partial charge in [0.15, 0.2) is 0 Å². The van der Waals surface area contributed by atoms with Gasteiger partial charge in [-0.3, -0.25) is 0 Å². The molecule has 0 aliphatic heterocycles. The van der Waals surface area contributed by atoms with Crippen molar-refractivity contribution in [3.63, 3.8) is 0 Å². The summed E-state index contributed by atoms with van der Waals surface area (Å²) in [5.74, 6) is 0.114. The molecule has 0 saturated heterocycles. The summed E-state index contributed by atoms with van der Waals surface area (Å²) in [5.41, 5.74) is 0. The molecule has 0 aliphatic carbocycles. The maximum Gasteiger partial charge on any atom is 0.333 e. The molecule has 0 rings (SSSR count). The van der Waals surface area contributed by atoms with Crippen LogP contribution in [-0.4, -0.2) is 19.7 Å². The van der Waals surface area contributed by atoms with Gasteiger partial charge >= 0.3 is 5.97 Å². The molecule has 0 bridgehead atoms. The Hall–Kier alpha value is -1.25. The van der Waals surface area contributed by atoms with Crippen molar-refractivity contribution >= 4 is 5.97 Å². The zero-order valence-electron chi connectivity index (χ0n) is 6.79. The van der Waals surface area contributed by atoms with Gasteiger partial charge in [0.2, 0.25) is 0 Å². The van der Waals surface area contributed by atoms with Crippen LogP contribution in [0.5, 0.6) is 0 Å².